The third kappa shape index (κ3) is 3.46. The molecule has 1 amide bonds. The molecule has 3 N–H and O–H groups in total. The second kappa shape index (κ2) is 6.20. The van der Waals surface area contributed by atoms with Crippen LogP contribution in [0.15, 0.2) is 24.4 Å². The predicted molar refractivity (Wildman–Crippen MR) is 69.6 cm³/mol. The highest BCUT2D eigenvalue weighted by Crippen LogP contribution is 2.22. The molecule has 2 unspecified atom stereocenters. The standard InChI is InChI=1S/C13H15F3N2O4/c1-7(2)8(9(19)13(14,15)16)18-10(20)12(11(21)22)5-3-4-6-17-12/h3-8,17H,1-2H3,(H,18,20)(H,21,22). The molecule has 122 valence electrons. The van der Waals surface area contributed by atoms with Gasteiger partial charge in [-0.2, -0.15) is 13.2 Å². The molecule has 6 nitrogen and oxygen atoms in total. The summed E-state index contributed by atoms with van der Waals surface area (Å²) in [5, 5.41) is 13.4. The number of carboxylic acid groups (broad SMARTS) is 1. The van der Waals surface area contributed by atoms with E-state index in [9.17, 15) is 32.7 Å². The zero-order valence-corrected chi connectivity index (χ0v) is 11.8. The Bertz CT molecular complexity index is 540. The fourth-order valence-corrected chi connectivity index (χ4v) is 1.82. The molecule has 1 aliphatic rings. The normalized spacial score (nSPS) is 22.1. The van der Waals surface area contributed by atoms with E-state index in [1.54, 1.807) is 0 Å². The number of allylic oxidation sites excluding steroid dienone is 2. The number of carbonyl (C=O) groups is 3. The van der Waals surface area contributed by atoms with Crippen LogP contribution in [0, 0.1) is 5.92 Å². The average molecular weight is 320 g/mol. The predicted octanol–water partition coefficient (Wildman–Crippen LogP) is 0.755. The van der Waals surface area contributed by atoms with E-state index in [1.807, 2.05) is 5.32 Å². The van der Waals surface area contributed by atoms with E-state index in [4.69, 9.17) is 0 Å². The molecule has 0 radical (unpaired) electrons. The Morgan fingerprint density at radius 1 is 1.23 bits per heavy atom. The van der Waals surface area contributed by atoms with Crippen LogP contribution in [0.4, 0.5) is 13.2 Å². The van der Waals surface area contributed by atoms with Crippen LogP contribution in [-0.4, -0.2) is 40.5 Å². The quantitative estimate of drug-likeness (QED) is 0.650. The van der Waals surface area contributed by atoms with E-state index in [-0.39, 0.29) is 0 Å². The van der Waals surface area contributed by atoms with Gasteiger partial charge in [-0.3, -0.25) is 9.59 Å². The number of halogens is 3. The molecule has 0 fully saturated rings. The summed E-state index contributed by atoms with van der Waals surface area (Å²) >= 11 is 0. The summed E-state index contributed by atoms with van der Waals surface area (Å²) in [6, 6.07) is -1.87. The number of Topliss-reactive ketones (excluding diaryl/α,β-unsaturated/α-hetero) is 1. The number of nitrogens with one attached hydrogen (secondary N) is 2. The first-order chi connectivity index (χ1) is 10.0. The molecule has 9 heteroatoms. The highest BCUT2D eigenvalue weighted by Gasteiger charge is 2.49. The minimum Gasteiger partial charge on any atom is -0.479 e. The first-order valence-electron chi connectivity index (χ1n) is 6.30. The average Bonchev–Trinajstić information content (AvgIpc) is 2.42. The van der Waals surface area contributed by atoms with Crippen molar-refractivity contribution in [1.29, 1.82) is 0 Å². The summed E-state index contributed by atoms with van der Waals surface area (Å²) in [5.41, 5.74) is -2.26. The molecule has 1 rings (SSSR count). The summed E-state index contributed by atoms with van der Waals surface area (Å²) in [7, 11) is 0. The Labute approximate surface area is 124 Å². The van der Waals surface area contributed by atoms with Crippen LogP contribution in [0.3, 0.4) is 0 Å². The van der Waals surface area contributed by atoms with Gasteiger partial charge in [0.15, 0.2) is 0 Å². The Kier molecular flexibility index (Phi) is 5.00. The third-order valence-electron chi connectivity index (χ3n) is 3.08. The maximum atomic E-state index is 12.5. The Balaban J connectivity index is 3.05. The van der Waals surface area contributed by atoms with Crippen LogP contribution >= 0.6 is 0 Å². The van der Waals surface area contributed by atoms with Gasteiger partial charge in [0.2, 0.25) is 5.54 Å². The number of rotatable bonds is 5. The summed E-state index contributed by atoms with van der Waals surface area (Å²) in [6.07, 6.45) is -0.298. The van der Waals surface area contributed by atoms with E-state index in [0.29, 0.717) is 0 Å². The molecule has 2 atom stereocenters. The van der Waals surface area contributed by atoms with Gasteiger partial charge in [0, 0.05) is 0 Å². The smallest absolute Gasteiger partial charge is 0.452 e. The van der Waals surface area contributed by atoms with Crippen molar-refractivity contribution in [3.63, 3.8) is 0 Å². The van der Waals surface area contributed by atoms with E-state index < -0.39 is 41.3 Å². The maximum Gasteiger partial charge on any atom is 0.452 e. The van der Waals surface area contributed by atoms with Gasteiger partial charge in [0.05, 0.1) is 6.04 Å². The largest absolute Gasteiger partial charge is 0.479 e. The van der Waals surface area contributed by atoms with Gasteiger partial charge in [-0.25, -0.2) is 4.79 Å². The second-order valence-corrected chi connectivity index (χ2v) is 5.03. The lowest BCUT2D eigenvalue weighted by Gasteiger charge is -2.30. The fourth-order valence-electron chi connectivity index (χ4n) is 1.82. The molecule has 0 aromatic rings. The van der Waals surface area contributed by atoms with Crippen molar-refractivity contribution in [2.24, 2.45) is 5.92 Å². The number of carbonyl (C=O) groups excluding carboxylic acids is 2. The monoisotopic (exact) mass is 320 g/mol. The number of ketones is 1. The second-order valence-electron chi connectivity index (χ2n) is 5.03. The van der Waals surface area contributed by atoms with Crippen LogP contribution in [-0.2, 0) is 14.4 Å². The van der Waals surface area contributed by atoms with Crippen molar-refractivity contribution in [2.45, 2.75) is 31.6 Å². The molecule has 1 aliphatic heterocycles. The molecule has 0 aromatic heterocycles. The lowest BCUT2D eigenvalue weighted by atomic mass is 9.93. The fraction of sp³-hybridized carbons (Fsp3) is 0.462. The molecular weight excluding hydrogens is 305 g/mol. The van der Waals surface area contributed by atoms with Crippen molar-refractivity contribution in [1.82, 2.24) is 10.6 Å². The Hall–Kier alpha value is -2.32. The van der Waals surface area contributed by atoms with Crippen LogP contribution in [0.2, 0.25) is 0 Å². The molecule has 0 aliphatic carbocycles. The van der Waals surface area contributed by atoms with E-state index in [2.05, 4.69) is 5.32 Å². The van der Waals surface area contributed by atoms with E-state index >= 15 is 0 Å². The summed E-state index contributed by atoms with van der Waals surface area (Å²) in [4.78, 5) is 34.8. The van der Waals surface area contributed by atoms with E-state index in [0.717, 1.165) is 6.08 Å². The molecule has 0 saturated heterocycles. The lowest BCUT2D eigenvalue weighted by molar-refractivity contribution is -0.175. The number of hydrogen-bond acceptors (Lipinski definition) is 4. The number of hydrogen-bond donors (Lipinski definition) is 3. The van der Waals surface area contributed by atoms with Crippen molar-refractivity contribution >= 4 is 17.7 Å². The highest BCUT2D eigenvalue weighted by atomic mass is 19.4. The highest BCUT2D eigenvalue weighted by molar-refractivity contribution is 6.10. The van der Waals surface area contributed by atoms with Gasteiger partial charge in [-0.05, 0) is 24.3 Å². The molecule has 0 aromatic carbocycles. The van der Waals surface area contributed by atoms with Gasteiger partial charge in [-0.15, -0.1) is 0 Å². The SMILES string of the molecule is CC(C)C(NC(=O)C1(C(=O)O)C=CC=CN1)C(=O)C(F)(F)F. The Morgan fingerprint density at radius 2 is 1.82 bits per heavy atom. The van der Waals surface area contributed by atoms with Crippen molar-refractivity contribution < 1.29 is 32.7 Å². The van der Waals surface area contributed by atoms with Crippen LogP contribution in [0.5, 0.6) is 0 Å². The topological polar surface area (TPSA) is 95.5 Å². The Morgan fingerprint density at radius 3 is 2.18 bits per heavy atom. The van der Waals surface area contributed by atoms with Crippen molar-refractivity contribution in [3.8, 4) is 0 Å². The van der Waals surface area contributed by atoms with Crippen LogP contribution < -0.4 is 10.6 Å². The number of carboxylic acids is 1. The molecule has 0 saturated carbocycles. The van der Waals surface area contributed by atoms with Gasteiger partial charge in [-0.1, -0.05) is 19.9 Å². The molecule has 0 spiro atoms. The minimum absolute atomic E-state index is 0.868. The zero-order chi connectivity index (χ0) is 17.1. The lowest BCUT2D eigenvalue weighted by Crippen LogP contribution is -2.63. The van der Waals surface area contributed by atoms with Crippen molar-refractivity contribution in [2.75, 3.05) is 0 Å². The molecule has 1 heterocycles. The number of alkyl halides is 3. The van der Waals surface area contributed by atoms with Crippen LogP contribution in [0.1, 0.15) is 13.8 Å². The van der Waals surface area contributed by atoms with Gasteiger partial charge >= 0.3 is 12.1 Å². The summed E-state index contributed by atoms with van der Waals surface area (Å²) < 4.78 is 37.6. The van der Waals surface area contributed by atoms with Gasteiger partial charge in [0.25, 0.3) is 11.7 Å². The number of amides is 1. The summed E-state index contributed by atoms with van der Waals surface area (Å²) in [5.74, 6) is -5.86. The molecule has 22 heavy (non-hydrogen) atoms. The first-order valence-corrected chi connectivity index (χ1v) is 6.30. The number of aliphatic carboxylic acids is 1. The van der Waals surface area contributed by atoms with E-state index in [1.165, 1.54) is 32.2 Å². The third-order valence-corrected chi connectivity index (χ3v) is 3.08. The van der Waals surface area contributed by atoms with Crippen LogP contribution in [0.25, 0.3) is 0 Å². The maximum absolute atomic E-state index is 12.5. The first kappa shape index (κ1) is 17.7. The van der Waals surface area contributed by atoms with Gasteiger partial charge in [0.1, 0.15) is 0 Å². The molecule has 0 bridgehead atoms. The molecular formula is C13H15F3N2O4. The summed E-state index contributed by atoms with van der Waals surface area (Å²) in [6.45, 7) is 2.62. The zero-order valence-electron chi connectivity index (χ0n) is 11.8. The minimum atomic E-state index is -5.13. The van der Waals surface area contributed by atoms with Gasteiger partial charge < -0.3 is 15.7 Å². The number of dihydropyridines is 1. The van der Waals surface area contributed by atoms with Crippen molar-refractivity contribution in [3.05, 3.63) is 24.4 Å².